The molecule has 3 heterocycles. The molecule has 0 amide bonds. The molecule has 9 heteroatoms. The van der Waals surface area contributed by atoms with Crippen LogP contribution in [0.3, 0.4) is 0 Å². The van der Waals surface area contributed by atoms with E-state index in [4.69, 9.17) is 16.6 Å². The number of nitrogens with one attached hydrogen (secondary N) is 1. The summed E-state index contributed by atoms with van der Waals surface area (Å²) >= 11 is 9.43. The minimum absolute atomic E-state index is 0.00209. The van der Waals surface area contributed by atoms with Gasteiger partial charge >= 0.3 is 5.69 Å². The Balaban J connectivity index is 1.73. The molecule has 0 saturated carbocycles. The summed E-state index contributed by atoms with van der Waals surface area (Å²) in [7, 11) is 0. The van der Waals surface area contributed by atoms with Crippen molar-refractivity contribution in [3.05, 3.63) is 102 Å². The summed E-state index contributed by atoms with van der Waals surface area (Å²) in [5.74, 6) is -0.462. The fraction of sp³-hybridized carbons (Fsp3) is 0.125. The van der Waals surface area contributed by atoms with Crippen LogP contribution in [0.1, 0.15) is 27.7 Å². The number of thioether (sulfide) groups is 1. The Morgan fingerprint density at radius 2 is 1.97 bits per heavy atom. The number of hydrogen-bond donors (Lipinski definition) is 2. The molecule has 1 unspecified atom stereocenters. The van der Waals surface area contributed by atoms with E-state index in [1.807, 2.05) is 29.6 Å². The minimum atomic E-state index is -0.752. The molecule has 2 aromatic carbocycles. The number of aromatic amines is 1. The Hall–Kier alpha value is -3.07. The molecule has 166 valence electrons. The maximum atomic E-state index is 13.0. The van der Waals surface area contributed by atoms with Gasteiger partial charge in [-0.3, -0.25) is 14.8 Å². The number of fused-ring (bicyclic) bond motifs is 1. The number of benzene rings is 2. The van der Waals surface area contributed by atoms with E-state index in [1.165, 1.54) is 10.4 Å². The molecule has 0 saturated heterocycles. The number of aliphatic imine (C=N–C) groups is 1. The number of hydrogen-bond acceptors (Lipinski definition) is 6. The number of para-hydroxylation sites is 1. The number of rotatable bonds is 3. The number of aromatic hydroxyl groups is 1. The van der Waals surface area contributed by atoms with E-state index in [0.29, 0.717) is 28.5 Å². The standard InChI is InChI=1S/C24H18ClN3O3S2/c1-13-9-10-32-21(13)19-12-17(26-16-7-2-3-8-18(16)33-19)20-22(29)27-24(31)28(23(20)30)15-6-4-5-14(25)11-15/h2-11,19,30H,12H2,1H3,(H,27,29,31). The first-order valence-electron chi connectivity index (χ1n) is 10.1. The fourth-order valence-corrected chi connectivity index (χ4v) is 6.50. The summed E-state index contributed by atoms with van der Waals surface area (Å²) in [5.41, 5.74) is 1.19. The van der Waals surface area contributed by atoms with E-state index in [9.17, 15) is 14.7 Å². The van der Waals surface area contributed by atoms with E-state index in [0.717, 1.165) is 9.46 Å². The molecule has 4 aromatic rings. The van der Waals surface area contributed by atoms with Crippen LogP contribution < -0.4 is 11.2 Å². The lowest BCUT2D eigenvalue weighted by Gasteiger charge is -2.16. The van der Waals surface area contributed by atoms with Crippen molar-refractivity contribution in [2.45, 2.75) is 23.5 Å². The molecule has 1 aliphatic heterocycles. The van der Waals surface area contributed by atoms with Crippen LogP contribution in [-0.4, -0.2) is 20.4 Å². The van der Waals surface area contributed by atoms with E-state index >= 15 is 0 Å². The molecule has 2 N–H and O–H groups in total. The second-order valence-electron chi connectivity index (χ2n) is 7.58. The van der Waals surface area contributed by atoms with E-state index < -0.39 is 17.1 Å². The molecule has 0 spiro atoms. The van der Waals surface area contributed by atoms with Crippen LogP contribution in [0.15, 0.2) is 79.5 Å². The first kappa shape index (κ1) is 21.8. The lowest BCUT2D eigenvalue weighted by Crippen LogP contribution is -2.33. The van der Waals surface area contributed by atoms with Crippen molar-refractivity contribution in [2.24, 2.45) is 4.99 Å². The van der Waals surface area contributed by atoms with Crippen molar-refractivity contribution < 1.29 is 5.11 Å². The molecular formula is C24H18ClN3O3S2. The Morgan fingerprint density at radius 3 is 2.73 bits per heavy atom. The highest BCUT2D eigenvalue weighted by Crippen LogP contribution is 2.47. The van der Waals surface area contributed by atoms with E-state index in [2.05, 4.69) is 18.0 Å². The van der Waals surface area contributed by atoms with Crippen molar-refractivity contribution >= 4 is 46.1 Å². The quantitative estimate of drug-likeness (QED) is 0.386. The molecule has 5 rings (SSSR count). The van der Waals surface area contributed by atoms with Crippen LogP contribution in [0.25, 0.3) is 5.69 Å². The third-order valence-corrected chi connectivity index (χ3v) is 8.21. The maximum Gasteiger partial charge on any atom is 0.335 e. The topological polar surface area (TPSA) is 87.5 Å². The van der Waals surface area contributed by atoms with Crippen molar-refractivity contribution in [3.8, 4) is 11.6 Å². The van der Waals surface area contributed by atoms with Crippen LogP contribution in [0, 0.1) is 6.92 Å². The molecule has 0 bridgehead atoms. The van der Waals surface area contributed by atoms with Crippen LogP contribution in [0.4, 0.5) is 5.69 Å². The largest absolute Gasteiger partial charge is 0.493 e. The summed E-state index contributed by atoms with van der Waals surface area (Å²) in [6.07, 6.45) is 0.408. The molecule has 0 fully saturated rings. The number of halogens is 1. The second-order valence-corrected chi connectivity index (χ2v) is 10.2. The molecule has 33 heavy (non-hydrogen) atoms. The smallest absolute Gasteiger partial charge is 0.335 e. The highest BCUT2D eigenvalue weighted by molar-refractivity contribution is 7.99. The van der Waals surface area contributed by atoms with Crippen LogP contribution in [0.5, 0.6) is 5.88 Å². The van der Waals surface area contributed by atoms with Gasteiger partial charge in [-0.2, -0.15) is 0 Å². The van der Waals surface area contributed by atoms with Gasteiger partial charge in [-0.1, -0.05) is 29.8 Å². The average Bonchev–Trinajstić information content (AvgIpc) is 3.10. The van der Waals surface area contributed by atoms with Crippen LogP contribution in [-0.2, 0) is 0 Å². The molecule has 0 aliphatic carbocycles. The van der Waals surface area contributed by atoms with Gasteiger partial charge in [-0.15, -0.1) is 23.1 Å². The number of aromatic nitrogens is 2. The van der Waals surface area contributed by atoms with Crippen LogP contribution >= 0.6 is 34.7 Å². The molecule has 1 aliphatic rings. The van der Waals surface area contributed by atoms with Gasteiger partial charge in [-0.05, 0) is 54.3 Å². The first-order chi connectivity index (χ1) is 15.9. The molecule has 2 aromatic heterocycles. The monoisotopic (exact) mass is 495 g/mol. The Labute approximate surface area is 202 Å². The predicted octanol–water partition coefficient (Wildman–Crippen LogP) is 5.61. The van der Waals surface area contributed by atoms with Crippen molar-refractivity contribution in [1.82, 2.24) is 9.55 Å². The van der Waals surface area contributed by atoms with Gasteiger partial charge in [-0.25, -0.2) is 9.36 Å². The number of nitrogens with zero attached hydrogens (tertiary/aromatic N) is 2. The van der Waals surface area contributed by atoms with Crippen LogP contribution in [0.2, 0.25) is 5.02 Å². The number of thiophene rings is 1. The van der Waals surface area contributed by atoms with Gasteiger partial charge in [0.2, 0.25) is 5.88 Å². The van der Waals surface area contributed by atoms with Gasteiger partial charge in [0.25, 0.3) is 5.56 Å². The molecule has 1 atom stereocenters. The van der Waals surface area contributed by atoms with Crippen molar-refractivity contribution in [3.63, 3.8) is 0 Å². The highest BCUT2D eigenvalue weighted by atomic mass is 35.5. The third kappa shape index (κ3) is 4.06. The van der Waals surface area contributed by atoms with E-state index in [-0.39, 0.29) is 10.8 Å². The Kier molecular flexibility index (Phi) is 5.74. The minimum Gasteiger partial charge on any atom is -0.493 e. The molecule has 0 radical (unpaired) electrons. The zero-order valence-electron chi connectivity index (χ0n) is 17.4. The fourth-order valence-electron chi connectivity index (χ4n) is 3.87. The summed E-state index contributed by atoms with van der Waals surface area (Å²) in [5, 5.41) is 13.6. The van der Waals surface area contributed by atoms with Gasteiger partial charge < -0.3 is 5.11 Å². The molecular weight excluding hydrogens is 478 g/mol. The summed E-state index contributed by atoms with van der Waals surface area (Å²) in [6, 6.07) is 16.3. The zero-order valence-corrected chi connectivity index (χ0v) is 19.8. The maximum absolute atomic E-state index is 13.0. The summed E-state index contributed by atoms with van der Waals surface area (Å²) in [4.78, 5) is 34.9. The SMILES string of the molecule is Cc1ccsc1C1CC(c2c(O)n(-c3cccc(Cl)c3)c(=O)[nH]c2=O)=Nc2ccccc2S1. The molecule has 6 nitrogen and oxygen atoms in total. The number of aryl methyl sites for hydroxylation is 1. The van der Waals surface area contributed by atoms with Gasteiger partial charge in [0.05, 0.1) is 17.1 Å². The Morgan fingerprint density at radius 1 is 1.15 bits per heavy atom. The summed E-state index contributed by atoms with van der Waals surface area (Å²) < 4.78 is 1.04. The normalized spacial score (nSPS) is 15.6. The van der Waals surface area contributed by atoms with Crippen molar-refractivity contribution in [2.75, 3.05) is 0 Å². The van der Waals surface area contributed by atoms with Crippen molar-refractivity contribution in [1.29, 1.82) is 0 Å². The first-order valence-corrected chi connectivity index (χ1v) is 12.3. The predicted molar refractivity (Wildman–Crippen MR) is 134 cm³/mol. The second kappa shape index (κ2) is 8.70. The summed E-state index contributed by atoms with van der Waals surface area (Å²) in [6.45, 7) is 2.06. The highest BCUT2D eigenvalue weighted by Gasteiger charge is 2.28. The number of H-pyrrole nitrogens is 1. The van der Waals surface area contributed by atoms with Gasteiger partial charge in [0.15, 0.2) is 0 Å². The third-order valence-electron chi connectivity index (χ3n) is 5.40. The van der Waals surface area contributed by atoms with Gasteiger partial charge in [0.1, 0.15) is 5.56 Å². The average molecular weight is 496 g/mol. The lowest BCUT2D eigenvalue weighted by atomic mass is 10.0. The van der Waals surface area contributed by atoms with E-state index in [1.54, 1.807) is 47.4 Å². The Bertz CT molecular complexity index is 1520. The zero-order chi connectivity index (χ0) is 23.1. The van der Waals surface area contributed by atoms with Gasteiger partial charge in [0, 0.05) is 26.5 Å². The lowest BCUT2D eigenvalue weighted by molar-refractivity contribution is 0.429.